The number of benzene rings is 1. The molecule has 7 heteroatoms. The number of nitrogens with two attached hydrogens (primary N) is 1. The minimum absolute atomic E-state index is 0.0975. The van der Waals surface area contributed by atoms with E-state index in [1.807, 2.05) is 0 Å². The smallest absolute Gasteiger partial charge is 0.330 e. The number of alkyl halides is 6. The molecule has 1 nitrogen and oxygen atoms in total. The lowest BCUT2D eigenvalue weighted by Crippen LogP contribution is -2.11. The average molecular weight is 283 g/mol. The van der Waals surface area contributed by atoms with Crippen molar-refractivity contribution in [2.75, 3.05) is 6.54 Å². The molecule has 0 radical (unpaired) electrons. The molecule has 1 aromatic carbocycles. The first kappa shape index (κ1) is 15.6. The molecule has 0 atom stereocenters. The summed E-state index contributed by atoms with van der Waals surface area (Å²) in [6.07, 6.45) is -6.65. The van der Waals surface area contributed by atoms with Crippen molar-refractivity contribution in [3.8, 4) is 0 Å². The second-order valence-electron chi connectivity index (χ2n) is 3.82. The van der Waals surface area contributed by atoms with Crippen molar-refractivity contribution in [2.24, 2.45) is 5.73 Å². The van der Waals surface area contributed by atoms with Gasteiger partial charge in [0, 0.05) is 0 Å². The Labute approximate surface area is 105 Å². The Bertz CT molecular complexity index is 426. The van der Waals surface area contributed by atoms with E-state index < -0.39 is 23.5 Å². The van der Waals surface area contributed by atoms with Crippen LogP contribution in [0.25, 0.3) is 6.08 Å². The van der Waals surface area contributed by atoms with Crippen LogP contribution in [0.4, 0.5) is 26.3 Å². The predicted octanol–water partition coefficient (Wildman–Crippen LogP) is 4.09. The van der Waals surface area contributed by atoms with Gasteiger partial charge >= 0.3 is 12.4 Å². The zero-order valence-corrected chi connectivity index (χ0v) is 9.65. The lowest BCUT2D eigenvalue weighted by Gasteiger charge is -2.12. The molecule has 0 unspecified atom stereocenters. The van der Waals surface area contributed by atoms with Crippen molar-refractivity contribution in [1.82, 2.24) is 0 Å². The molecule has 2 N–H and O–H groups in total. The Kier molecular flexibility index (Phi) is 4.62. The molecule has 0 heterocycles. The monoisotopic (exact) mass is 283 g/mol. The molecular weight excluding hydrogens is 272 g/mol. The van der Waals surface area contributed by atoms with Gasteiger partial charge in [-0.05, 0) is 36.7 Å². The van der Waals surface area contributed by atoms with Crippen LogP contribution in [0.3, 0.4) is 0 Å². The van der Waals surface area contributed by atoms with Gasteiger partial charge in [0.15, 0.2) is 0 Å². The number of rotatable bonds is 3. The third kappa shape index (κ3) is 4.59. The fraction of sp³-hybridized carbons (Fsp3) is 0.333. The van der Waals surface area contributed by atoms with E-state index >= 15 is 0 Å². The Morgan fingerprint density at radius 2 is 1.37 bits per heavy atom. The number of halogens is 6. The molecule has 106 valence electrons. The van der Waals surface area contributed by atoms with Crippen molar-refractivity contribution in [2.45, 2.75) is 18.8 Å². The summed E-state index contributed by atoms with van der Waals surface area (Å²) in [5.74, 6) is 0. The molecule has 0 spiro atoms. The number of hydrogen-bond acceptors (Lipinski definition) is 1. The normalized spacial score (nSPS) is 13.2. The molecule has 0 aliphatic carbocycles. The molecule has 0 saturated carbocycles. The molecule has 0 amide bonds. The Hall–Kier alpha value is -1.50. The standard InChI is InChI=1S/C12H11F6N/c13-11(14,15)9-5-8(3-1-2-4-19)6-10(7-9)12(16,17)18/h1,3,5-7H,2,4,19H2/b3-1+. The van der Waals surface area contributed by atoms with Crippen molar-refractivity contribution < 1.29 is 26.3 Å². The summed E-state index contributed by atoms with van der Waals surface area (Å²) in [6, 6.07) is 1.44. The topological polar surface area (TPSA) is 26.0 Å². The van der Waals surface area contributed by atoms with Crippen LogP contribution in [-0.2, 0) is 12.4 Å². The highest BCUT2D eigenvalue weighted by Crippen LogP contribution is 2.36. The molecule has 0 saturated heterocycles. The molecule has 0 bridgehead atoms. The molecule has 0 aromatic heterocycles. The summed E-state index contributed by atoms with van der Waals surface area (Å²) in [5, 5.41) is 0. The minimum Gasteiger partial charge on any atom is -0.330 e. The third-order valence-corrected chi connectivity index (χ3v) is 2.25. The Balaban J connectivity index is 3.25. The summed E-state index contributed by atoms with van der Waals surface area (Å²) in [5.41, 5.74) is 2.37. The van der Waals surface area contributed by atoms with E-state index in [1.165, 1.54) is 12.2 Å². The van der Waals surface area contributed by atoms with Crippen LogP contribution in [0.15, 0.2) is 24.3 Å². The maximum atomic E-state index is 12.5. The third-order valence-electron chi connectivity index (χ3n) is 2.25. The van der Waals surface area contributed by atoms with Crippen molar-refractivity contribution in [3.63, 3.8) is 0 Å². The second-order valence-corrected chi connectivity index (χ2v) is 3.82. The van der Waals surface area contributed by atoms with Crippen LogP contribution < -0.4 is 5.73 Å². The van der Waals surface area contributed by atoms with Crippen molar-refractivity contribution in [1.29, 1.82) is 0 Å². The van der Waals surface area contributed by atoms with Gasteiger partial charge < -0.3 is 5.73 Å². The first-order valence-corrected chi connectivity index (χ1v) is 5.30. The van der Waals surface area contributed by atoms with Gasteiger partial charge in [0.25, 0.3) is 0 Å². The van der Waals surface area contributed by atoms with Crippen LogP contribution in [0.5, 0.6) is 0 Å². The zero-order valence-electron chi connectivity index (χ0n) is 9.65. The van der Waals surface area contributed by atoms with Crippen LogP contribution in [0.2, 0.25) is 0 Å². The molecule has 1 rings (SSSR count). The van der Waals surface area contributed by atoms with Gasteiger partial charge in [0.1, 0.15) is 0 Å². The van der Waals surface area contributed by atoms with E-state index in [9.17, 15) is 26.3 Å². The van der Waals surface area contributed by atoms with Gasteiger partial charge in [-0.15, -0.1) is 0 Å². The number of hydrogen-bond donors (Lipinski definition) is 1. The lowest BCUT2D eigenvalue weighted by molar-refractivity contribution is -0.143. The van der Waals surface area contributed by atoms with E-state index in [2.05, 4.69) is 0 Å². The van der Waals surface area contributed by atoms with E-state index in [4.69, 9.17) is 5.73 Å². The SMILES string of the molecule is NCC/C=C/c1cc(C(F)(F)F)cc(C(F)(F)F)c1. The molecule has 19 heavy (non-hydrogen) atoms. The molecule has 0 aliphatic heterocycles. The van der Waals surface area contributed by atoms with Gasteiger partial charge in [-0.3, -0.25) is 0 Å². The summed E-state index contributed by atoms with van der Waals surface area (Å²) < 4.78 is 75.1. The molecule has 1 aromatic rings. The quantitative estimate of drug-likeness (QED) is 0.831. The fourth-order valence-electron chi connectivity index (χ4n) is 1.39. The lowest BCUT2D eigenvalue weighted by atomic mass is 10.0. The Morgan fingerprint density at radius 3 is 1.74 bits per heavy atom. The van der Waals surface area contributed by atoms with E-state index in [0.29, 0.717) is 18.6 Å². The van der Waals surface area contributed by atoms with Gasteiger partial charge in [0.2, 0.25) is 0 Å². The highest BCUT2D eigenvalue weighted by atomic mass is 19.4. The second kappa shape index (κ2) is 5.64. The molecular formula is C12H11F6N. The minimum atomic E-state index is -4.82. The molecule has 0 fully saturated rings. The summed E-state index contributed by atoms with van der Waals surface area (Å²) in [7, 11) is 0. The van der Waals surface area contributed by atoms with E-state index in [-0.39, 0.29) is 18.2 Å². The van der Waals surface area contributed by atoms with Crippen LogP contribution in [-0.4, -0.2) is 6.54 Å². The largest absolute Gasteiger partial charge is 0.416 e. The van der Waals surface area contributed by atoms with Crippen molar-refractivity contribution in [3.05, 3.63) is 41.0 Å². The van der Waals surface area contributed by atoms with Crippen molar-refractivity contribution >= 4 is 6.08 Å². The van der Waals surface area contributed by atoms with Crippen LogP contribution in [0.1, 0.15) is 23.1 Å². The summed E-state index contributed by atoms with van der Waals surface area (Å²) in [6.45, 7) is 0.265. The predicted molar refractivity (Wildman–Crippen MR) is 59.2 cm³/mol. The average Bonchev–Trinajstić information content (AvgIpc) is 2.27. The van der Waals surface area contributed by atoms with Crippen LogP contribution in [0, 0.1) is 0 Å². The van der Waals surface area contributed by atoms with Gasteiger partial charge in [-0.1, -0.05) is 12.2 Å². The maximum Gasteiger partial charge on any atom is 0.416 e. The van der Waals surface area contributed by atoms with Crippen LogP contribution >= 0.6 is 0 Å². The van der Waals surface area contributed by atoms with E-state index in [0.717, 1.165) is 0 Å². The molecule has 0 aliphatic rings. The zero-order chi connectivity index (χ0) is 14.7. The highest BCUT2D eigenvalue weighted by molar-refractivity contribution is 5.53. The summed E-state index contributed by atoms with van der Waals surface area (Å²) in [4.78, 5) is 0. The van der Waals surface area contributed by atoms with Gasteiger partial charge in [-0.25, -0.2) is 0 Å². The first-order valence-electron chi connectivity index (χ1n) is 5.30. The van der Waals surface area contributed by atoms with Gasteiger partial charge in [-0.2, -0.15) is 26.3 Å². The first-order chi connectivity index (χ1) is 8.64. The van der Waals surface area contributed by atoms with Gasteiger partial charge in [0.05, 0.1) is 11.1 Å². The Morgan fingerprint density at radius 1 is 0.895 bits per heavy atom. The maximum absolute atomic E-state index is 12.5. The highest BCUT2D eigenvalue weighted by Gasteiger charge is 2.36. The van der Waals surface area contributed by atoms with E-state index in [1.54, 1.807) is 0 Å². The fourth-order valence-corrected chi connectivity index (χ4v) is 1.39. The summed E-state index contributed by atoms with van der Waals surface area (Å²) >= 11 is 0.